The maximum absolute atomic E-state index is 12.2. The van der Waals surface area contributed by atoms with Gasteiger partial charge in [0, 0.05) is 19.1 Å². The van der Waals surface area contributed by atoms with Crippen molar-refractivity contribution < 1.29 is 4.79 Å². The zero-order chi connectivity index (χ0) is 13.3. The van der Waals surface area contributed by atoms with Crippen LogP contribution >= 0.6 is 0 Å². The summed E-state index contributed by atoms with van der Waals surface area (Å²) in [5, 5.41) is 0. The average molecular weight is 253 g/mol. The molecule has 2 saturated carbocycles. The van der Waals surface area contributed by atoms with Gasteiger partial charge in [-0.2, -0.15) is 0 Å². The molecule has 1 amide bonds. The van der Waals surface area contributed by atoms with Crippen molar-refractivity contribution in [2.75, 3.05) is 27.7 Å². The van der Waals surface area contributed by atoms with Crippen molar-refractivity contribution in [3.05, 3.63) is 0 Å². The van der Waals surface area contributed by atoms with Crippen LogP contribution in [0, 0.1) is 5.92 Å². The van der Waals surface area contributed by atoms with Crippen LogP contribution < -0.4 is 5.73 Å². The number of carbonyl (C=O) groups excluding carboxylic acids is 1. The fourth-order valence-electron chi connectivity index (χ4n) is 2.95. The Labute approximate surface area is 110 Å². The van der Waals surface area contributed by atoms with Gasteiger partial charge >= 0.3 is 0 Å². The van der Waals surface area contributed by atoms with Gasteiger partial charge in [0.25, 0.3) is 0 Å². The van der Waals surface area contributed by atoms with Gasteiger partial charge in [0.15, 0.2) is 0 Å². The van der Waals surface area contributed by atoms with Gasteiger partial charge in [-0.15, -0.1) is 0 Å². The van der Waals surface area contributed by atoms with E-state index in [1.54, 1.807) is 0 Å². The number of nitrogens with zero attached hydrogens (tertiary/aromatic N) is 2. The lowest BCUT2D eigenvalue weighted by Crippen LogP contribution is -2.58. The maximum atomic E-state index is 12.2. The lowest BCUT2D eigenvalue weighted by Gasteiger charge is -2.49. The topological polar surface area (TPSA) is 49.6 Å². The van der Waals surface area contributed by atoms with E-state index in [1.807, 2.05) is 11.9 Å². The average Bonchev–Trinajstić information content (AvgIpc) is 3.05. The number of nitrogens with two attached hydrogens (primary N) is 1. The summed E-state index contributed by atoms with van der Waals surface area (Å²) in [6.45, 7) is 0.817. The minimum absolute atomic E-state index is 0.120. The third-order valence-corrected chi connectivity index (χ3v) is 4.74. The molecule has 2 fully saturated rings. The molecule has 2 rings (SSSR count). The molecule has 0 aromatic carbocycles. The van der Waals surface area contributed by atoms with Gasteiger partial charge in [-0.05, 0) is 45.7 Å². The third kappa shape index (κ3) is 2.86. The van der Waals surface area contributed by atoms with E-state index in [0.717, 1.165) is 13.0 Å². The normalized spacial score (nSPS) is 23.6. The lowest BCUT2D eigenvalue weighted by atomic mass is 9.75. The number of amides is 1. The second kappa shape index (κ2) is 5.17. The van der Waals surface area contributed by atoms with Crippen LogP contribution in [0.3, 0.4) is 0 Å². The molecular weight excluding hydrogens is 226 g/mol. The molecule has 0 bridgehead atoms. The van der Waals surface area contributed by atoms with Gasteiger partial charge in [0.1, 0.15) is 0 Å². The highest BCUT2D eigenvalue weighted by Crippen LogP contribution is 2.37. The van der Waals surface area contributed by atoms with E-state index in [9.17, 15) is 4.79 Å². The Kier molecular flexibility index (Phi) is 3.97. The molecule has 1 atom stereocenters. The van der Waals surface area contributed by atoms with Gasteiger partial charge < -0.3 is 15.5 Å². The molecule has 4 nitrogen and oxygen atoms in total. The highest BCUT2D eigenvalue weighted by atomic mass is 16.2. The summed E-state index contributed by atoms with van der Waals surface area (Å²) in [7, 11) is 6.13. The third-order valence-electron chi connectivity index (χ3n) is 4.74. The molecule has 104 valence electrons. The Bertz CT molecular complexity index is 308. The van der Waals surface area contributed by atoms with Gasteiger partial charge in [0.2, 0.25) is 5.91 Å². The Morgan fingerprint density at radius 1 is 1.33 bits per heavy atom. The van der Waals surface area contributed by atoms with Crippen molar-refractivity contribution in [2.24, 2.45) is 11.7 Å². The summed E-state index contributed by atoms with van der Waals surface area (Å²) < 4.78 is 0. The molecular formula is C14H27N3O. The number of carbonyl (C=O) groups is 1. The molecule has 0 spiro atoms. The molecule has 18 heavy (non-hydrogen) atoms. The Hall–Kier alpha value is -0.610. The van der Waals surface area contributed by atoms with Crippen LogP contribution in [0.4, 0.5) is 0 Å². The monoisotopic (exact) mass is 253 g/mol. The summed E-state index contributed by atoms with van der Waals surface area (Å²) >= 11 is 0. The van der Waals surface area contributed by atoms with Crippen molar-refractivity contribution in [3.8, 4) is 0 Å². The maximum Gasteiger partial charge on any atom is 0.239 e. The van der Waals surface area contributed by atoms with Crippen LogP contribution in [-0.2, 0) is 4.79 Å². The van der Waals surface area contributed by atoms with Crippen LogP contribution in [0.15, 0.2) is 0 Å². The van der Waals surface area contributed by atoms with Crippen molar-refractivity contribution in [1.29, 1.82) is 0 Å². The Morgan fingerprint density at radius 2 is 1.94 bits per heavy atom. The highest BCUT2D eigenvalue weighted by Gasteiger charge is 2.41. The minimum Gasteiger partial charge on any atom is -0.343 e. The predicted molar refractivity (Wildman–Crippen MR) is 73.2 cm³/mol. The van der Waals surface area contributed by atoms with Gasteiger partial charge in [0.05, 0.1) is 6.04 Å². The summed E-state index contributed by atoms with van der Waals surface area (Å²) in [6.07, 6.45) is 7.04. The minimum atomic E-state index is -0.290. The number of hydrogen-bond donors (Lipinski definition) is 1. The van der Waals surface area contributed by atoms with E-state index >= 15 is 0 Å². The molecule has 0 radical (unpaired) electrons. The van der Waals surface area contributed by atoms with Gasteiger partial charge in [-0.3, -0.25) is 4.79 Å². The fourth-order valence-corrected chi connectivity index (χ4v) is 2.95. The summed E-state index contributed by atoms with van der Waals surface area (Å²) in [6, 6.07) is -0.290. The Balaban J connectivity index is 1.85. The summed E-state index contributed by atoms with van der Waals surface area (Å²) in [5.41, 5.74) is 6.21. The van der Waals surface area contributed by atoms with Gasteiger partial charge in [-0.25, -0.2) is 0 Å². The molecule has 2 aliphatic rings. The van der Waals surface area contributed by atoms with Crippen molar-refractivity contribution >= 4 is 5.91 Å². The SMILES string of the molecule is CN(CC1(N(C)C)CCC1)C(=O)C(N)CC1CC1. The van der Waals surface area contributed by atoms with E-state index < -0.39 is 0 Å². The number of rotatable bonds is 6. The van der Waals surface area contributed by atoms with Crippen molar-refractivity contribution in [1.82, 2.24) is 9.80 Å². The van der Waals surface area contributed by atoms with E-state index in [0.29, 0.717) is 5.92 Å². The van der Waals surface area contributed by atoms with Crippen molar-refractivity contribution in [2.45, 2.75) is 50.1 Å². The highest BCUT2D eigenvalue weighted by molar-refractivity contribution is 5.81. The van der Waals surface area contributed by atoms with Crippen LogP contribution in [-0.4, -0.2) is 55.0 Å². The largest absolute Gasteiger partial charge is 0.343 e. The molecule has 2 aliphatic carbocycles. The summed E-state index contributed by atoms with van der Waals surface area (Å²) in [5.74, 6) is 0.832. The molecule has 0 aromatic heterocycles. The van der Waals surface area contributed by atoms with E-state index in [2.05, 4.69) is 19.0 Å². The van der Waals surface area contributed by atoms with Gasteiger partial charge in [-0.1, -0.05) is 12.8 Å². The summed E-state index contributed by atoms with van der Waals surface area (Å²) in [4.78, 5) is 16.4. The molecule has 4 heteroatoms. The number of likely N-dealkylation sites (N-methyl/N-ethyl adjacent to an activating group) is 2. The molecule has 0 aromatic rings. The quantitative estimate of drug-likeness (QED) is 0.770. The Morgan fingerprint density at radius 3 is 2.33 bits per heavy atom. The van der Waals surface area contributed by atoms with Crippen LogP contribution in [0.5, 0.6) is 0 Å². The smallest absolute Gasteiger partial charge is 0.239 e. The number of hydrogen-bond acceptors (Lipinski definition) is 3. The zero-order valence-electron chi connectivity index (χ0n) is 12.0. The zero-order valence-corrected chi connectivity index (χ0v) is 12.0. The lowest BCUT2D eigenvalue weighted by molar-refractivity contribution is -0.134. The van der Waals surface area contributed by atoms with Crippen molar-refractivity contribution in [3.63, 3.8) is 0 Å². The van der Waals surface area contributed by atoms with Crippen LogP contribution in [0.25, 0.3) is 0 Å². The molecule has 0 heterocycles. The van der Waals surface area contributed by atoms with E-state index in [4.69, 9.17) is 5.73 Å². The second-order valence-electron chi connectivity index (χ2n) is 6.45. The van der Waals surface area contributed by atoms with E-state index in [-0.39, 0.29) is 17.5 Å². The second-order valence-corrected chi connectivity index (χ2v) is 6.45. The fraction of sp³-hybridized carbons (Fsp3) is 0.929. The standard InChI is InChI=1S/C14H27N3O/c1-16(2)14(7-4-8-14)10-17(3)13(18)12(15)9-11-5-6-11/h11-12H,4-10,15H2,1-3H3. The first-order valence-electron chi connectivity index (χ1n) is 7.12. The predicted octanol–water partition coefficient (Wildman–Crippen LogP) is 1.06. The molecule has 0 saturated heterocycles. The van der Waals surface area contributed by atoms with E-state index in [1.165, 1.54) is 32.1 Å². The first kappa shape index (κ1) is 13.8. The molecule has 0 aliphatic heterocycles. The van der Waals surface area contributed by atoms with Crippen LogP contribution in [0.1, 0.15) is 38.5 Å². The molecule has 2 N–H and O–H groups in total. The first-order valence-corrected chi connectivity index (χ1v) is 7.12. The van der Waals surface area contributed by atoms with Crippen LogP contribution in [0.2, 0.25) is 0 Å². The first-order chi connectivity index (χ1) is 8.44. The molecule has 1 unspecified atom stereocenters.